The Morgan fingerprint density at radius 3 is 2.43 bits per heavy atom. The third kappa shape index (κ3) is 6.01. The third-order valence-electron chi connectivity index (χ3n) is 6.38. The molecular formula is C24H37FO3. The van der Waals surface area contributed by atoms with E-state index >= 15 is 0 Å². The van der Waals surface area contributed by atoms with Crippen LogP contribution in [0.4, 0.5) is 4.39 Å². The SMILES string of the molecule is CCCCC[C@H]1CO[C@H]([C@H]2CC[C@H](c3ccc(COCC)c(F)c3)CC2)OC1. The molecule has 28 heavy (non-hydrogen) atoms. The predicted molar refractivity (Wildman–Crippen MR) is 110 cm³/mol. The number of hydrogen-bond donors (Lipinski definition) is 0. The minimum absolute atomic E-state index is 0.0336. The molecule has 1 aromatic carbocycles. The van der Waals surface area contributed by atoms with Gasteiger partial charge in [0.15, 0.2) is 6.29 Å². The van der Waals surface area contributed by atoms with Crippen LogP contribution in [0.15, 0.2) is 18.2 Å². The highest BCUT2D eigenvalue weighted by molar-refractivity contribution is 5.27. The van der Waals surface area contributed by atoms with Gasteiger partial charge in [0.1, 0.15) is 5.82 Å². The maximum absolute atomic E-state index is 14.3. The summed E-state index contributed by atoms with van der Waals surface area (Å²) in [6.45, 7) is 6.82. The third-order valence-corrected chi connectivity index (χ3v) is 6.38. The second-order valence-corrected chi connectivity index (χ2v) is 8.50. The van der Waals surface area contributed by atoms with Crippen molar-refractivity contribution < 1.29 is 18.6 Å². The van der Waals surface area contributed by atoms with Crippen molar-refractivity contribution >= 4 is 0 Å². The first-order valence-electron chi connectivity index (χ1n) is 11.3. The molecule has 0 atom stereocenters. The van der Waals surface area contributed by atoms with E-state index in [1.165, 1.54) is 25.7 Å². The number of hydrogen-bond acceptors (Lipinski definition) is 3. The fourth-order valence-electron chi connectivity index (χ4n) is 4.55. The summed E-state index contributed by atoms with van der Waals surface area (Å²) in [6, 6.07) is 5.68. The Kier molecular flexibility index (Phi) is 8.75. The number of benzene rings is 1. The molecule has 0 unspecified atom stereocenters. The number of rotatable bonds is 9. The lowest BCUT2D eigenvalue weighted by Gasteiger charge is -2.37. The minimum atomic E-state index is -0.138. The molecule has 3 nitrogen and oxygen atoms in total. The maximum atomic E-state index is 14.3. The molecule has 1 saturated heterocycles. The van der Waals surface area contributed by atoms with Gasteiger partial charge in [-0.25, -0.2) is 4.39 Å². The van der Waals surface area contributed by atoms with E-state index in [0.29, 0.717) is 36.5 Å². The lowest BCUT2D eigenvalue weighted by molar-refractivity contribution is -0.229. The maximum Gasteiger partial charge on any atom is 0.160 e. The van der Waals surface area contributed by atoms with Crippen LogP contribution in [-0.2, 0) is 20.8 Å². The fourth-order valence-corrected chi connectivity index (χ4v) is 4.55. The van der Waals surface area contributed by atoms with Crippen LogP contribution in [0.2, 0.25) is 0 Å². The summed E-state index contributed by atoms with van der Waals surface area (Å²) in [4.78, 5) is 0. The van der Waals surface area contributed by atoms with E-state index in [1.54, 1.807) is 6.07 Å². The summed E-state index contributed by atoms with van der Waals surface area (Å²) in [7, 11) is 0. The zero-order valence-corrected chi connectivity index (χ0v) is 17.6. The number of ether oxygens (including phenoxy) is 3. The van der Waals surface area contributed by atoms with Crippen molar-refractivity contribution in [2.75, 3.05) is 19.8 Å². The first-order chi connectivity index (χ1) is 13.7. The van der Waals surface area contributed by atoms with Crippen molar-refractivity contribution in [1.29, 1.82) is 0 Å². The molecule has 1 aliphatic heterocycles. The van der Waals surface area contributed by atoms with Crippen LogP contribution >= 0.6 is 0 Å². The molecule has 1 saturated carbocycles. The van der Waals surface area contributed by atoms with Gasteiger partial charge in [-0.15, -0.1) is 0 Å². The Bertz CT molecular complexity index is 575. The Morgan fingerprint density at radius 2 is 1.79 bits per heavy atom. The van der Waals surface area contributed by atoms with Crippen LogP contribution in [0.25, 0.3) is 0 Å². The van der Waals surface area contributed by atoms with E-state index in [4.69, 9.17) is 14.2 Å². The molecular weight excluding hydrogens is 355 g/mol. The van der Waals surface area contributed by atoms with Crippen molar-refractivity contribution in [2.45, 2.75) is 84.0 Å². The number of unbranched alkanes of at least 4 members (excludes halogenated alkanes) is 2. The van der Waals surface area contributed by atoms with Gasteiger partial charge in [0.2, 0.25) is 0 Å². The predicted octanol–water partition coefficient (Wildman–Crippen LogP) is 6.21. The van der Waals surface area contributed by atoms with Crippen LogP contribution in [0.3, 0.4) is 0 Å². The molecule has 2 aliphatic rings. The monoisotopic (exact) mass is 392 g/mol. The number of halogens is 1. The molecule has 3 rings (SSSR count). The van der Waals surface area contributed by atoms with Gasteiger partial charge in [-0.1, -0.05) is 38.3 Å². The Hall–Kier alpha value is -0.970. The molecule has 0 spiro atoms. The Labute approximate surface area is 169 Å². The molecule has 0 amide bonds. The minimum Gasteiger partial charge on any atom is -0.377 e. The molecule has 2 fully saturated rings. The Balaban J connectivity index is 1.43. The van der Waals surface area contributed by atoms with E-state index in [1.807, 2.05) is 13.0 Å². The highest BCUT2D eigenvalue weighted by atomic mass is 19.1. The van der Waals surface area contributed by atoms with Gasteiger partial charge < -0.3 is 14.2 Å². The van der Waals surface area contributed by atoms with E-state index < -0.39 is 0 Å². The van der Waals surface area contributed by atoms with Gasteiger partial charge in [-0.05, 0) is 56.6 Å². The van der Waals surface area contributed by atoms with Crippen LogP contribution in [0.5, 0.6) is 0 Å². The lowest BCUT2D eigenvalue weighted by Crippen LogP contribution is -2.38. The molecule has 0 aromatic heterocycles. The molecule has 158 valence electrons. The van der Waals surface area contributed by atoms with Gasteiger partial charge >= 0.3 is 0 Å². The topological polar surface area (TPSA) is 27.7 Å². The van der Waals surface area contributed by atoms with Crippen molar-refractivity contribution in [2.24, 2.45) is 11.8 Å². The van der Waals surface area contributed by atoms with Gasteiger partial charge in [-0.3, -0.25) is 0 Å². The van der Waals surface area contributed by atoms with Gasteiger partial charge in [-0.2, -0.15) is 0 Å². The van der Waals surface area contributed by atoms with E-state index in [2.05, 4.69) is 13.0 Å². The molecule has 0 bridgehead atoms. The van der Waals surface area contributed by atoms with Crippen LogP contribution in [0.1, 0.15) is 82.3 Å². The van der Waals surface area contributed by atoms with Crippen LogP contribution < -0.4 is 0 Å². The summed E-state index contributed by atoms with van der Waals surface area (Å²) < 4.78 is 31.8. The second kappa shape index (κ2) is 11.3. The highest BCUT2D eigenvalue weighted by Gasteiger charge is 2.32. The largest absolute Gasteiger partial charge is 0.377 e. The van der Waals surface area contributed by atoms with Crippen molar-refractivity contribution in [3.63, 3.8) is 0 Å². The average molecular weight is 393 g/mol. The molecule has 1 aromatic rings. The van der Waals surface area contributed by atoms with Crippen molar-refractivity contribution in [1.82, 2.24) is 0 Å². The van der Waals surface area contributed by atoms with Crippen molar-refractivity contribution in [3.8, 4) is 0 Å². The van der Waals surface area contributed by atoms with E-state index in [-0.39, 0.29) is 12.1 Å². The normalized spacial score (nSPS) is 28.4. The van der Waals surface area contributed by atoms with Crippen molar-refractivity contribution in [3.05, 3.63) is 35.1 Å². The summed E-state index contributed by atoms with van der Waals surface area (Å²) in [5.41, 5.74) is 1.77. The summed E-state index contributed by atoms with van der Waals surface area (Å²) in [6.07, 6.45) is 9.39. The quantitative estimate of drug-likeness (QED) is 0.468. The van der Waals surface area contributed by atoms with Gasteiger partial charge in [0.25, 0.3) is 0 Å². The Morgan fingerprint density at radius 1 is 1.04 bits per heavy atom. The molecule has 0 N–H and O–H groups in total. The standard InChI is InChI=1S/C24H37FO3/c1-3-5-6-7-18-15-27-24(28-16-18)20-10-8-19(9-11-20)21-12-13-22(17-26-4-2)23(25)14-21/h12-14,18-20,24H,3-11,15-17H2,1-2H3/t18-,19-,20-,24-. The first-order valence-corrected chi connectivity index (χ1v) is 11.3. The zero-order valence-electron chi connectivity index (χ0n) is 17.6. The fraction of sp³-hybridized carbons (Fsp3) is 0.750. The lowest BCUT2D eigenvalue weighted by atomic mass is 9.78. The van der Waals surface area contributed by atoms with Gasteiger partial charge in [0, 0.05) is 24.0 Å². The molecule has 4 heteroatoms. The highest BCUT2D eigenvalue weighted by Crippen LogP contribution is 2.39. The van der Waals surface area contributed by atoms with Crippen LogP contribution in [0, 0.1) is 17.7 Å². The zero-order chi connectivity index (χ0) is 19.8. The molecule has 0 radical (unpaired) electrons. The second-order valence-electron chi connectivity index (χ2n) is 8.50. The molecule has 1 aliphatic carbocycles. The summed E-state index contributed by atoms with van der Waals surface area (Å²) in [5.74, 6) is 1.35. The van der Waals surface area contributed by atoms with E-state index in [0.717, 1.165) is 44.5 Å². The summed E-state index contributed by atoms with van der Waals surface area (Å²) >= 11 is 0. The average Bonchev–Trinajstić information content (AvgIpc) is 2.74. The van der Waals surface area contributed by atoms with Gasteiger partial charge in [0.05, 0.1) is 19.8 Å². The molecule has 1 heterocycles. The smallest absolute Gasteiger partial charge is 0.160 e. The summed E-state index contributed by atoms with van der Waals surface area (Å²) in [5, 5.41) is 0. The van der Waals surface area contributed by atoms with Crippen LogP contribution in [-0.4, -0.2) is 26.1 Å². The van der Waals surface area contributed by atoms with E-state index in [9.17, 15) is 4.39 Å². The first kappa shape index (κ1) is 21.7.